The van der Waals surface area contributed by atoms with Crippen molar-refractivity contribution in [3.63, 3.8) is 0 Å². The SMILES string of the molecule is CCOc1ccc(CNC(=O)c2nn(CC)cc2[N+](=O)[O-])cc1OCC. The first-order valence-corrected chi connectivity index (χ1v) is 8.38. The largest absolute Gasteiger partial charge is 0.490 e. The minimum absolute atomic E-state index is 0.182. The van der Waals surface area contributed by atoms with E-state index < -0.39 is 10.8 Å². The lowest BCUT2D eigenvalue weighted by atomic mass is 10.2. The van der Waals surface area contributed by atoms with E-state index in [-0.39, 0.29) is 17.9 Å². The van der Waals surface area contributed by atoms with E-state index in [2.05, 4.69) is 10.4 Å². The van der Waals surface area contributed by atoms with E-state index in [9.17, 15) is 14.9 Å². The number of amides is 1. The van der Waals surface area contributed by atoms with Gasteiger partial charge in [0.25, 0.3) is 5.91 Å². The van der Waals surface area contributed by atoms with E-state index >= 15 is 0 Å². The molecule has 1 N–H and O–H groups in total. The highest BCUT2D eigenvalue weighted by atomic mass is 16.6. The van der Waals surface area contributed by atoms with E-state index in [4.69, 9.17) is 9.47 Å². The highest BCUT2D eigenvalue weighted by Crippen LogP contribution is 2.28. The Hall–Kier alpha value is -3.10. The predicted molar refractivity (Wildman–Crippen MR) is 94.5 cm³/mol. The molecule has 0 unspecified atom stereocenters. The summed E-state index contributed by atoms with van der Waals surface area (Å²) in [5, 5.41) is 17.7. The van der Waals surface area contributed by atoms with Crippen molar-refractivity contribution in [2.24, 2.45) is 0 Å². The summed E-state index contributed by atoms with van der Waals surface area (Å²) in [6.07, 6.45) is 1.25. The van der Waals surface area contributed by atoms with Gasteiger partial charge in [0.15, 0.2) is 11.5 Å². The third kappa shape index (κ3) is 4.50. The third-order valence-corrected chi connectivity index (χ3v) is 3.54. The molecule has 1 heterocycles. The average molecular weight is 362 g/mol. The van der Waals surface area contributed by atoms with Gasteiger partial charge < -0.3 is 14.8 Å². The number of nitrogens with one attached hydrogen (secondary N) is 1. The maximum absolute atomic E-state index is 12.3. The lowest BCUT2D eigenvalue weighted by molar-refractivity contribution is -0.385. The number of aryl methyl sites for hydroxylation is 1. The van der Waals surface area contributed by atoms with E-state index in [1.54, 1.807) is 25.1 Å². The zero-order valence-electron chi connectivity index (χ0n) is 15.0. The standard InChI is InChI=1S/C17H22N4O5/c1-4-20-11-13(21(23)24)16(19-20)17(22)18-10-12-7-8-14(25-5-2)15(9-12)26-6-3/h7-9,11H,4-6,10H2,1-3H3,(H,18,22). The molecule has 0 fully saturated rings. The molecule has 9 heteroatoms. The molecule has 0 spiro atoms. The smallest absolute Gasteiger partial charge is 0.320 e. The van der Waals surface area contributed by atoms with Crippen LogP contribution in [0.3, 0.4) is 0 Å². The van der Waals surface area contributed by atoms with Gasteiger partial charge >= 0.3 is 5.69 Å². The fourth-order valence-corrected chi connectivity index (χ4v) is 2.34. The van der Waals surface area contributed by atoms with Crippen LogP contribution in [-0.2, 0) is 13.1 Å². The van der Waals surface area contributed by atoms with E-state index in [0.29, 0.717) is 31.3 Å². The van der Waals surface area contributed by atoms with Gasteiger partial charge in [-0.1, -0.05) is 6.07 Å². The number of nitrogens with zero attached hydrogens (tertiary/aromatic N) is 3. The van der Waals surface area contributed by atoms with Crippen LogP contribution < -0.4 is 14.8 Å². The number of carbonyl (C=O) groups excluding carboxylic acids is 1. The maximum atomic E-state index is 12.3. The molecule has 1 aromatic carbocycles. The Morgan fingerprint density at radius 2 is 1.92 bits per heavy atom. The quantitative estimate of drug-likeness (QED) is 0.542. The van der Waals surface area contributed by atoms with Crippen molar-refractivity contribution in [3.8, 4) is 11.5 Å². The van der Waals surface area contributed by atoms with Crippen molar-refractivity contribution in [2.75, 3.05) is 13.2 Å². The van der Waals surface area contributed by atoms with Gasteiger partial charge in [0, 0.05) is 13.1 Å². The van der Waals surface area contributed by atoms with Crippen molar-refractivity contribution >= 4 is 11.6 Å². The van der Waals surface area contributed by atoms with E-state index in [1.807, 2.05) is 13.8 Å². The second-order valence-electron chi connectivity index (χ2n) is 5.31. The summed E-state index contributed by atoms with van der Waals surface area (Å²) in [5.41, 5.74) is 0.265. The molecule has 1 amide bonds. The van der Waals surface area contributed by atoms with Crippen LogP contribution in [0.25, 0.3) is 0 Å². The second kappa shape index (κ2) is 8.84. The molecule has 26 heavy (non-hydrogen) atoms. The predicted octanol–water partition coefficient (Wildman–Crippen LogP) is 2.54. The molecule has 0 aliphatic rings. The summed E-state index contributed by atoms with van der Waals surface area (Å²) in [7, 11) is 0. The number of hydrogen-bond acceptors (Lipinski definition) is 6. The topological polar surface area (TPSA) is 109 Å². The number of benzene rings is 1. The van der Waals surface area contributed by atoms with Crippen molar-refractivity contribution in [1.82, 2.24) is 15.1 Å². The Labute approximate surface area is 151 Å². The van der Waals surface area contributed by atoms with Crippen LogP contribution in [0.2, 0.25) is 0 Å². The maximum Gasteiger partial charge on any atom is 0.320 e. The molecule has 1 aromatic heterocycles. The summed E-state index contributed by atoms with van der Waals surface area (Å²) < 4.78 is 12.4. The molecule has 0 bridgehead atoms. The Morgan fingerprint density at radius 3 is 2.54 bits per heavy atom. The first-order chi connectivity index (χ1) is 12.5. The lowest BCUT2D eigenvalue weighted by Gasteiger charge is -2.12. The first-order valence-electron chi connectivity index (χ1n) is 8.38. The molecule has 0 saturated heterocycles. The number of carbonyl (C=O) groups is 1. The summed E-state index contributed by atoms with van der Waals surface area (Å²) in [5.74, 6) is 0.611. The fourth-order valence-electron chi connectivity index (χ4n) is 2.34. The molecule has 0 atom stereocenters. The molecule has 9 nitrogen and oxygen atoms in total. The molecular formula is C17H22N4O5. The molecule has 0 aliphatic heterocycles. The zero-order chi connectivity index (χ0) is 19.1. The van der Waals surface area contributed by atoms with Crippen LogP contribution in [0.1, 0.15) is 36.8 Å². The molecule has 2 aromatic rings. The number of aromatic nitrogens is 2. The van der Waals surface area contributed by atoms with Crippen LogP contribution in [0.15, 0.2) is 24.4 Å². The Bertz CT molecular complexity index is 787. The number of hydrogen-bond donors (Lipinski definition) is 1. The second-order valence-corrected chi connectivity index (χ2v) is 5.31. The zero-order valence-corrected chi connectivity index (χ0v) is 15.0. The average Bonchev–Trinajstić information content (AvgIpc) is 3.07. The van der Waals surface area contributed by atoms with Crippen LogP contribution in [-0.4, -0.2) is 33.8 Å². The summed E-state index contributed by atoms with van der Waals surface area (Å²) in [6.45, 7) is 7.15. The van der Waals surface area contributed by atoms with Crippen molar-refractivity contribution in [2.45, 2.75) is 33.9 Å². The van der Waals surface area contributed by atoms with Gasteiger partial charge in [-0.2, -0.15) is 5.10 Å². The Balaban J connectivity index is 2.13. The fraction of sp³-hybridized carbons (Fsp3) is 0.412. The highest BCUT2D eigenvalue weighted by molar-refractivity contribution is 5.96. The van der Waals surface area contributed by atoms with Crippen molar-refractivity contribution in [3.05, 3.63) is 45.8 Å². The molecule has 0 radical (unpaired) electrons. The van der Waals surface area contributed by atoms with Gasteiger partial charge in [0.1, 0.15) is 6.20 Å². The molecule has 0 saturated carbocycles. The van der Waals surface area contributed by atoms with Crippen LogP contribution in [0, 0.1) is 10.1 Å². The van der Waals surface area contributed by atoms with Crippen molar-refractivity contribution in [1.29, 1.82) is 0 Å². The Morgan fingerprint density at radius 1 is 1.23 bits per heavy atom. The van der Waals surface area contributed by atoms with Crippen LogP contribution >= 0.6 is 0 Å². The molecule has 2 rings (SSSR count). The van der Waals surface area contributed by atoms with E-state index in [0.717, 1.165) is 5.56 Å². The van der Waals surface area contributed by atoms with Gasteiger partial charge in [-0.25, -0.2) is 0 Å². The summed E-state index contributed by atoms with van der Waals surface area (Å²) >= 11 is 0. The minimum atomic E-state index is -0.613. The number of nitro groups is 1. The minimum Gasteiger partial charge on any atom is -0.490 e. The highest BCUT2D eigenvalue weighted by Gasteiger charge is 2.25. The van der Waals surface area contributed by atoms with Gasteiger partial charge in [-0.05, 0) is 38.5 Å². The summed E-state index contributed by atoms with van der Waals surface area (Å²) in [6, 6.07) is 5.34. The third-order valence-electron chi connectivity index (χ3n) is 3.54. The van der Waals surface area contributed by atoms with Gasteiger partial charge in [0.05, 0.1) is 18.1 Å². The molecule has 0 aliphatic carbocycles. The van der Waals surface area contributed by atoms with E-state index in [1.165, 1.54) is 10.9 Å². The Kier molecular flexibility index (Phi) is 6.54. The first kappa shape index (κ1) is 19.2. The molecule has 140 valence electrons. The monoisotopic (exact) mass is 362 g/mol. The number of rotatable bonds is 9. The van der Waals surface area contributed by atoms with Gasteiger partial charge in [-0.3, -0.25) is 19.6 Å². The van der Waals surface area contributed by atoms with Crippen molar-refractivity contribution < 1.29 is 19.2 Å². The van der Waals surface area contributed by atoms with Crippen LogP contribution in [0.5, 0.6) is 11.5 Å². The van der Waals surface area contributed by atoms with Crippen LogP contribution in [0.4, 0.5) is 5.69 Å². The number of ether oxygens (including phenoxy) is 2. The van der Waals surface area contributed by atoms with Gasteiger partial charge in [0.2, 0.25) is 5.69 Å². The lowest BCUT2D eigenvalue weighted by Crippen LogP contribution is -2.24. The normalized spacial score (nSPS) is 10.4. The van der Waals surface area contributed by atoms with Gasteiger partial charge in [-0.15, -0.1) is 0 Å². The summed E-state index contributed by atoms with van der Waals surface area (Å²) in [4.78, 5) is 22.8. The molecular weight excluding hydrogens is 340 g/mol.